The third-order valence-corrected chi connectivity index (χ3v) is 4.16. The third-order valence-electron chi connectivity index (χ3n) is 3.94. The molecular weight excluding hydrogens is 330 g/mol. The summed E-state index contributed by atoms with van der Waals surface area (Å²) in [6, 6.07) is 3.51. The molecule has 0 saturated heterocycles. The molecule has 1 N–H and O–H groups in total. The SMILES string of the molecule is Cc1nn(Cc2ccc(Cl)nc2)cc1C(=O)C1=C(O)CCCC1=O. The van der Waals surface area contributed by atoms with E-state index in [9.17, 15) is 14.7 Å². The quantitative estimate of drug-likeness (QED) is 0.523. The van der Waals surface area contributed by atoms with Crippen molar-refractivity contribution < 1.29 is 14.7 Å². The van der Waals surface area contributed by atoms with Crippen molar-refractivity contribution in [1.82, 2.24) is 14.8 Å². The maximum atomic E-state index is 12.6. The highest BCUT2D eigenvalue weighted by molar-refractivity contribution is 6.29. The molecule has 2 heterocycles. The van der Waals surface area contributed by atoms with Crippen LogP contribution >= 0.6 is 11.6 Å². The summed E-state index contributed by atoms with van der Waals surface area (Å²) < 4.78 is 1.61. The Morgan fingerprint density at radius 2 is 2.17 bits per heavy atom. The van der Waals surface area contributed by atoms with Crippen LogP contribution in [0.2, 0.25) is 5.15 Å². The van der Waals surface area contributed by atoms with Gasteiger partial charge < -0.3 is 5.11 Å². The van der Waals surface area contributed by atoms with Gasteiger partial charge in [-0.1, -0.05) is 17.7 Å². The van der Waals surface area contributed by atoms with Gasteiger partial charge in [-0.15, -0.1) is 0 Å². The number of aryl methyl sites for hydroxylation is 1. The van der Waals surface area contributed by atoms with Crippen molar-refractivity contribution in [1.29, 1.82) is 0 Å². The molecule has 6 nitrogen and oxygen atoms in total. The normalized spacial score (nSPS) is 15.0. The van der Waals surface area contributed by atoms with Crippen LogP contribution < -0.4 is 0 Å². The van der Waals surface area contributed by atoms with Gasteiger partial charge in [0.25, 0.3) is 0 Å². The number of nitrogens with zero attached hydrogens (tertiary/aromatic N) is 3. The number of rotatable bonds is 4. The van der Waals surface area contributed by atoms with Crippen molar-refractivity contribution >= 4 is 23.2 Å². The fourth-order valence-corrected chi connectivity index (χ4v) is 2.84. The second kappa shape index (κ2) is 6.57. The zero-order valence-corrected chi connectivity index (χ0v) is 13.9. The van der Waals surface area contributed by atoms with E-state index in [-0.39, 0.29) is 23.5 Å². The number of ketones is 2. The first-order valence-corrected chi connectivity index (χ1v) is 7.98. The predicted octanol–water partition coefficient (Wildman–Crippen LogP) is 3.04. The summed E-state index contributed by atoms with van der Waals surface area (Å²) in [4.78, 5) is 28.6. The Morgan fingerprint density at radius 3 is 2.83 bits per heavy atom. The summed E-state index contributed by atoms with van der Waals surface area (Å²) >= 11 is 5.76. The average molecular weight is 346 g/mol. The molecule has 0 spiro atoms. The molecule has 0 atom stereocenters. The lowest BCUT2D eigenvalue weighted by Crippen LogP contribution is -2.19. The number of aliphatic hydroxyl groups is 1. The Balaban J connectivity index is 1.87. The van der Waals surface area contributed by atoms with Gasteiger partial charge in [-0.25, -0.2) is 4.98 Å². The lowest BCUT2D eigenvalue weighted by Gasteiger charge is -2.13. The van der Waals surface area contributed by atoms with Crippen LogP contribution in [0.5, 0.6) is 0 Å². The number of aromatic nitrogens is 3. The van der Waals surface area contributed by atoms with Gasteiger partial charge >= 0.3 is 0 Å². The summed E-state index contributed by atoms with van der Waals surface area (Å²) in [5.41, 5.74) is 1.63. The molecule has 124 valence electrons. The molecule has 0 amide bonds. The molecule has 0 radical (unpaired) electrons. The highest BCUT2D eigenvalue weighted by atomic mass is 35.5. The average Bonchev–Trinajstić information content (AvgIpc) is 2.90. The molecule has 1 aliphatic carbocycles. The van der Waals surface area contributed by atoms with Gasteiger partial charge in [0.15, 0.2) is 5.78 Å². The number of hydrogen-bond donors (Lipinski definition) is 1. The summed E-state index contributed by atoms with van der Waals surface area (Å²) in [6.07, 6.45) is 4.45. The topological polar surface area (TPSA) is 85.1 Å². The van der Waals surface area contributed by atoms with Crippen LogP contribution in [-0.2, 0) is 11.3 Å². The Bertz CT molecular complexity index is 837. The molecule has 0 fully saturated rings. The minimum atomic E-state index is -0.463. The molecule has 0 unspecified atom stereocenters. The third kappa shape index (κ3) is 3.23. The standard InChI is InChI=1S/C17H16ClN3O3/c1-10-12(17(24)16-13(22)3-2-4-14(16)23)9-21(20-10)8-11-5-6-15(18)19-7-11/h5-7,9,22H,2-4,8H2,1H3. The molecule has 2 aromatic rings. The van der Waals surface area contributed by atoms with Gasteiger partial charge in [0.2, 0.25) is 5.78 Å². The van der Waals surface area contributed by atoms with E-state index < -0.39 is 5.78 Å². The maximum Gasteiger partial charge on any atom is 0.203 e. The number of allylic oxidation sites excluding steroid dienone is 2. The van der Waals surface area contributed by atoms with Crippen molar-refractivity contribution in [3.8, 4) is 0 Å². The number of halogens is 1. The van der Waals surface area contributed by atoms with E-state index in [1.165, 1.54) is 0 Å². The van der Waals surface area contributed by atoms with Crippen molar-refractivity contribution in [3.05, 3.63) is 57.8 Å². The predicted molar refractivity (Wildman–Crippen MR) is 88.2 cm³/mol. The van der Waals surface area contributed by atoms with Crippen LogP contribution in [0.3, 0.4) is 0 Å². The zero-order chi connectivity index (χ0) is 17.3. The largest absolute Gasteiger partial charge is 0.511 e. The summed E-state index contributed by atoms with van der Waals surface area (Å²) in [6.45, 7) is 2.13. The van der Waals surface area contributed by atoms with E-state index in [1.54, 1.807) is 30.1 Å². The van der Waals surface area contributed by atoms with Crippen molar-refractivity contribution in [2.75, 3.05) is 0 Å². The van der Waals surface area contributed by atoms with Gasteiger partial charge in [0.1, 0.15) is 16.5 Å². The minimum Gasteiger partial charge on any atom is -0.511 e. The van der Waals surface area contributed by atoms with Crippen LogP contribution in [0.15, 0.2) is 35.9 Å². The highest BCUT2D eigenvalue weighted by Gasteiger charge is 2.29. The van der Waals surface area contributed by atoms with E-state index in [0.717, 1.165) is 5.56 Å². The van der Waals surface area contributed by atoms with Crippen LogP contribution in [0.1, 0.15) is 40.9 Å². The number of carbonyl (C=O) groups is 2. The maximum absolute atomic E-state index is 12.6. The lowest BCUT2D eigenvalue weighted by molar-refractivity contribution is -0.116. The molecule has 3 rings (SSSR count). The van der Waals surface area contributed by atoms with E-state index in [1.807, 2.05) is 6.07 Å². The fraction of sp³-hybridized carbons (Fsp3) is 0.294. The smallest absolute Gasteiger partial charge is 0.203 e. The Kier molecular flexibility index (Phi) is 4.49. The van der Waals surface area contributed by atoms with Crippen LogP contribution in [-0.4, -0.2) is 31.4 Å². The lowest BCUT2D eigenvalue weighted by atomic mass is 9.91. The van der Waals surface area contributed by atoms with Crippen molar-refractivity contribution in [3.63, 3.8) is 0 Å². The summed E-state index contributed by atoms with van der Waals surface area (Å²) in [5, 5.41) is 14.6. The van der Waals surface area contributed by atoms with Crippen LogP contribution in [0.25, 0.3) is 0 Å². The first-order valence-electron chi connectivity index (χ1n) is 7.60. The molecular formula is C17H16ClN3O3. The number of hydrogen-bond acceptors (Lipinski definition) is 5. The van der Waals surface area contributed by atoms with Gasteiger partial charge in [0, 0.05) is 25.2 Å². The zero-order valence-electron chi connectivity index (χ0n) is 13.1. The number of carbonyl (C=O) groups excluding carboxylic acids is 2. The van der Waals surface area contributed by atoms with Gasteiger partial charge in [-0.3, -0.25) is 14.3 Å². The second-order valence-corrected chi connectivity index (χ2v) is 6.13. The van der Waals surface area contributed by atoms with Crippen molar-refractivity contribution in [2.45, 2.75) is 32.7 Å². The number of Topliss-reactive ketones (excluding diaryl/α,β-unsaturated/α-hetero) is 2. The van der Waals surface area contributed by atoms with Gasteiger partial charge in [-0.2, -0.15) is 5.10 Å². The first-order chi connectivity index (χ1) is 11.5. The molecule has 24 heavy (non-hydrogen) atoms. The van der Waals surface area contributed by atoms with Gasteiger partial charge in [0.05, 0.1) is 17.8 Å². The molecule has 2 aromatic heterocycles. The summed E-state index contributed by atoms with van der Waals surface area (Å²) in [5.74, 6) is -0.890. The molecule has 0 aliphatic heterocycles. The number of pyridine rings is 1. The Hall–Kier alpha value is -2.47. The van der Waals surface area contributed by atoms with Crippen LogP contribution in [0, 0.1) is 6.92 Å². The van der Waals surface area contributed by atoms with Crippen molar-refractivity contribution in [2.24, 2.45) is 0 Å². The Morgan fingerprint density at radius 1 is 1.38 bits per heavy atom. The minimum absolute atomic E-state index is 0.0999. The molecule has 0 saturated carbocycles. The summed E-state index contributed by atoms with van der Waals surface area (Å²) in [7, 11) is 0. The van der Waals surface area contributed by atoms with E-state index >= 15 is 0 Å². The monoisotopic (exact) mass is 345 g/mol. The van der Waals surface area contributed by atoms with Crippen LogP contribution in [0.4, 0.5) is 0 Å². The number of aliphatic hydroxyl groups excluding tert-OH is 1. The molecule has 7 heteroatoms. The highest BCUT2D eigenvalue weighted by Crippen LogP contribution is 2.24. The molecule has 1 aliphatic rings. The first kappa shape index (κ1) is 16.4. The molecule has 0 bridgehead atoms. The fourth-order valence-electron chi connectivity index (χ4n) is 2.73. The van der Waals surface area contributed by atoms with E-state index in [4.69, 9.17) is 11.6 Å². The molecule has 0 aromatic carbocycles. The van der Waals surface area contributed by atoms with Gasteiger partial charge in [-0.05, 0) is 25.0 Å². The Labute approximate surface area is 143 Å². The second-order valence-electron chi connectivity index (χ2n) is 5.74. The van der Waals surface area contributed by atoms with E-state index in [0.29, 0.717) is 35.8 Å². The van der Waals surface area contributed by atoms with E-state index in [2.05, 4.69) is 10.1 Å².